The molecule has 1 amide bonds. The highest BCUT2D eigenvalue weighted by Gasteiger charge is 2.33. The number of para-hydroxylation sites is 2. The lowest BCUT2D eigenvalue weighted by atomic mass is 10.3. The summed E-state index contributed by atoms with van der Waals surface area (Å²) < 4.78 is 7.61. The van der Waals surface area contributed by atoms with E-state index in [1.807, 2.05) is 61.5 Å². The first kappa shape index (κ1) is 21.2. The van der Waals surface area contributed by atoms with Crippen LogP contribution in [-0.4, -0.2) is 40.3 Å². The Labute approximate surface area is 187 Å². The maximum absolute atomic E-state index is 13.2. The van der Waals surface area contributed by atoms with Crippen LogP contribution in [0.5, 0.6) is 0 Å². The zero-order chi connectivity index (χ0) is 21.6. The molecule has 0 atom stereocenters. The van der Waals surface area contributed by atoms with E-state index in [-0.39, 0.29) is 5.91 Å². The fourth-order valence-corrected chi connectivity index (χ4v) is 4.42. The van der Waals surface area contributed by atoms with E-state index in [0.717, 1.165) is 22.6 Å². The van der Waals surface area contributed by atoms with Gasteiger partial charge in [-0.05, 0) is 67.6 Å². The molecule has 0 saturated carbocycles. The lowest BCUT2D eigenvalue weighted by Gasteiger charge is -2.15. The molecule has 4 rings (SSSR count). The largest absolute Gasteiger partial charge is 0.380 e. The molecule has 6 heteroatoms. The molecule has 1 saturated heterocycles. The number of aryl methyl sites for hydroxylation is 1. The molecule has 0 N–H and O–H groups in total. The second kappa shape index (κ2) is 9.81. The Balaban J connectivity index is 1.63. The van der Waals surface area contributed by atoms with Gasteiger partial charge in [-0.1, -0.05) is 36.4 Å². The molecular weight excluding hydrogens is 406 g/mol. The zero-order valence-corrected chi connectivity index (χ0v) is 18.5. The molecule has 5 nitrogen and oxygen atoms in total. The number of carbonyl (C=O) groups excluding carboxylic acids is 1. The number of hydrogen-bond acceptors (Lipinski definition) is 4. The molecule has 0 aliphatic carbocycles. The van der Waals surface area contributed by atoms with Crippen LogP contribution in [0.1, 0.15) is 18.2 Å². The molecule has 3 aromatic rings. The van der Waals surface area contributed by atoms with Gasteiger partial charge in [0.25, 0.3) is 5.91 Å². The zero-order valence-electron chi connectivity index (χ0n) is 17.7. The number of aliphatic imine (C=N–C) groups is 1. The smallest absolute Gasteiger partial charge is 0.266 e. The second-order valence-corrected chi connectivity index (χ2v) is 8.12. The summed E-state index contributed by atoms with van der Waals surface area (Å²) in [5, 5.41) is 0.682. The molecular formula is C25H25N3O2S. The Bertz CT molecular complexity index is 1100. The Hall–Kier alpha value is -3.09. The maximum Gasteiger partial charge on any atom is 0.266 e. The van der Waals surface area contributed by atoms with Crippen LogP contribution in [0.3, 0.4) is 0 Å². The van der Waals surface area contributed by atoms with Gasteiger partial charge in [0.05, 0.1) is 23.7 Å². The van der Waals surface area contributed by atoms with Crippen molar-refractivity contribution in [2.45, 2.75) is 13.8 Å². The van der Waals surface area contributed by atoms with Crippen LogP contribution in [0.25, 0.3) is 11.8 Å². The fourth-order valence-electron chi connectivity index (χ4n) is 3.40. The van der Waals surface area contributed by atoms with Crippen molar-refractivity contribution in [3.63, 3.8) is 0 Å². The van der Waals surface area contributed by atoms with E-state index in [1.54, 1.807) is 4.90 Å². The lowest BCUT2D eigenvalue weighted by Crippen LogP contribution is -2.32. The third kappa shape index (κ3) is 4.98. The van der Waals surface area contributed by atoms with Crippen LogP contribution >= 0.6 is 11.8 Å². The summed E-state index contributed by atoms with van der Waals surface area (Å²) in [7, 11) is 0. The maximum atomic E-state index is 13.2. The standard InChI is InChI=1S/C25H25N3O2S/c1-3-30-15-14-27-24(29)23(31-25(27)26-21-10-6-4-7-11-21)17-20-16-19(2)28(18-20)22-12-8-5-9-13-22/h4-13,16-18H,3,14-15H2,1-2H3/b23-17+,26-25?. The fraction of sp³-hybridized carbons (Fsp3) is 0.200. The minimum atomic E-state index is -0.0375. The predicted octanol–water partition coefficient (Wildman–Crippen LogP) is 5.43. The molecule has 1 aliphatic rings. The first-order chi connectivity index (χ1) is 15.2. The topological polar surface area (TPSA) is 46.8 Å². The third-order valence-electron chi connectivity index (χ3n) is 4.90. The summed E-state index contributed by atoms with van der Waals surface area (Å²) in [5.74, 6) is -0.0375. The number of amides is 1. The number of amidine groups is 1. The molecule has 0 radical (unpaired) electrons. The van der Waals surface area contributed by atoms with E-state index in [2.05, 4.69) is 35.9 Å². The van der Waals surface area contributed by atoms with Gasteiger partial charge < -0.3 is 9.30 Å². The number of benzene rings is 2. The van der Waals surface area contributed by atoms with Crippen LogP contribution in [-0.2, 0) is 9.53 Å². The lowest BCUT2D eigenvalue weighted by molar-refractivity contribution is -0.122. The van der Waals surface area contributed by atoms with E-state index < -0.39 is 0 Å². The van der Waals surface area contributed by atoms with E-state index in [1.165, 1.54) is 11.8 Å². The summed E-state index contributed by atoms with van der Waals surface area (Å²) in [6, 6.07) is 22.0. The van der Waals surface area contributed by atoms with Gasteiger partial charge >= 0.3 is 0 Å². The highest BCUT2D eigenvalue weighted by atomic mass is 32.2. The van der Waals surface area contributed by atoms with Crippen molar-refractivity contribution < 1.29 is 9.53 Å². The Morgan fingerprint density at radius 2 is 1.77 bits per heavy atom. The highest BCUT2D eigenvalue weighted by Crippen LogP contribution is 2.34. The molecule has 31 heavy (non-hydrogen) atoms. The Morgan fingerprint density at radius 3 is 2.48 bits per heavy atom. The summed E-state index contributed by atoms with van der Waals surface area (Å²) in [6.45, 7) is 5.59. The summed E-state index contributed by atoms with van der Waals surface area (Å²) in [6.07, 6.45) is 4.00. The summed E-state index contributed by atoms with van der Waals surface area (Å²) >= 11 is 1.41. The average molecular weight is 432 g/mol. The van der Waals surface area contributed by atoms with E-state index in [4.69, 9.17) is 9.73 Å². The van der Waals surface area contributed by atoms with Crippen LogP contribution in [0.4, 0.5) is 5.69 Å². The number of rotatable bonds is 7. The van der Waals surface area contributed by atoms with E-state index >= 15 is 0 Å². The van der Waals surface area contributed by atoms with Crippen molar-refractivity contribution in [3.8, 4) is 5.69 Å². The van der Waals surface area contributed by atoms with E-state index in [9.17, 15) is 4.79 Å². The summed E-state index contributed by atoms with van der Waals surface area (Å²) in [4.78, 5) is 20.2. The molecule has 0 spiro atoms. The average Bonchev–Trinajstić information content (AvgIpc) is 3.29. The van der Waals surface area contributed by atoms with Gasteiger partial charge in [0, 0.05) is 24.2 Å². The number of thioether (sulfide) groups is 1. The molecule has 2 aromatic carbocycles. The van der Waals surface area contributed by atoms with Gasteiger partial charge in [-0.25, -0.2) is 4.99 Å². The molecule has 2 heterocycles. The molecule has 0 bridgehead atoms. The van der Waals surface area contributed by atoms with Crippen molar-refractivity contribution >= 4 is 34.6 Å². The van der Waals surface area contributed by atoms with Gasteiger partial charge in [-0.2, -0.15) is 0 Å². The minimum absolute atomic E-state index is 0.0375. The van der Waals surface area contributed by atoms with Crippen molar-refractivity contribution in [3.05, 3.63) is 89.1 Å². The predicted molar refractivity (Wildman–Crippen MR) is 128 cm³/mol. The van der Waals surface area contributed by atoms with Crippen molar-refractivity contribution in [2.24, 2.45) is 4.99 Å². The normalized spacial score (nSPS) is 16.6. The Morgan fingerprint density at radius 1 is 1.06 bits per heavy atom. The second-order valence-electron chi connectivity index (χ2n) is 7.11. The van der Waals surface area contributed by atoms with Crippen LogP contribution in [0.2, 0.25) is 0 Å². The minimum Gasteiger partial charge on any atom is -0.380 e. The van der Waals surface area contributed by atoms with Gasteiger partial charge in [-0.3, -0.25) is 9.69 Å². The van der Waals surface area contributed by atoms with Gasteiger partial charge in [0.2, 0.25) is 0 Å². The summed E-state index contributed by atoms with van der Waals surface area (Å²) in [5.41, 5.74) is 4.02. The molecule has 1 aromatic heterocycles. The highest BCUT2D eigenvalue weighted by molar-refractivity contribution is 8.18. The molecule has 1 fully saturated rings. The quantitative estimate of drug-likeness (QED) is 0.370. The third-order valence-corrected chi connectivity index (χ3v) is 5.90. The van der Waals surface area contributed by atoms with E-state index in [0.29, 0.717) is 29.8 Å². The number of hydrogen-bond donors (Lipinski definition) is 0. The number of carbonyl (C=O) groups is 1. The molecule has 158 valence electrons. The number of aromatic nitrogens is 1. The number of nitrogens with zero attached hydrogens (tertiary/aromatic N) is 3. The van der Waals surface area contributed by atoms with Gasteiger partial charge in [0.15, 0.2) is 5.17 Å². The Kier molecular flexibility index (Phi) is 6.70. The van der Waals surface area contributed by atoms with Crippen LogP contribution < -0.4 is 0 Å². The molecule has 0 unspecified atom stereocenters. The monoisotopic (exact) mass is 431 g/mol. The van der Waals surface area contributed by atoms with Crippen LogP contribution in [0.15, 0.2) is 82.8 Å². The SMILES string of the molecule is CCOCCN1C(=O)/C(=C\c2cc(C)n(-c3ccccc3)c2)SC1=Nc1ccccc1. The van der Waals surface area contributed by atoms with Crippen molar-refractivity contribution in [1.82, 2.24) is 9.47 Å². The van der Waals surface area contributed by atoms with Gasteiger partial charge in [-0.15, -0.1) is 0 Å². The van der Waals surface area contributed by atoms with Crippen molar-refractivity contribution in [1.29, 1.82) is 0 Å². The van der Waals surface area contributed by atoms with Gasteiger partial charge in [0.1, 0.15) is 0 Å². The first-order valence-electron chi connectivity index (χ1n) is 10.3. The van der Waals surface area contributed by atoms with Crippen LogP contribution in [0, 0.1) is 6.92 Å². The number of ether oxygens (including phenoxy) is 1. The molecule has 1 aliphatic heterocycles. The van der Waals surface area contributed by atoms with Crippen molar-refractivity contribution in [2.75, 3.05) is 19.8 Å². The first-order valence-corrected chi connectivity index (χ1v) is 11.1.